The molecule has 0 saturated heterocycles. The molecule has 0 radical (unpaired) electrons. The van der Waals surface area contributed by atoms with E-state index in [1.165, 1.54) is 7.11 Å². The van der Waals surface area contributed by atoms with E-state index in [2.05, 4.69) is 5.32 Å². The molecule has 0 fully saturated rings. The first-order valence-electron chi connectivity index (χ1n) is 10.4. The summed E-state index contributed by atoms with van der Waals surface area (Å²) in [4.78, 5) is 24.6. The summed E-state index contributed by atoms with van der Waals surface area (Å²) in [6.45, 7) is 4.98. The van der Waals surface area contributed by atoms with Gasteiger partial charge < -0.3 is 34.3 Å². The zero-order valence-electron chi connectivity index (χ0n) is 19.8. The van der Waals surface area contributed by atoms with Crippen molar-refractivity contribution in [3.05, 3.63) is 53.3 Å². The Morgan fingerprint density at radius 2 is 1.76 bits per heavy atom. The molecule has 9 nitrogen and oxygen atoms in total. The van der Waals surface area contributed by atoms with Gasteiger partial charge in [-0.1, -0.05) is 12.1 Å². The molecular weight excluding hydrogens is 448 g/mol. The van der Waals surface area contributed by atoms with Gasteiger partial charge in [0.1, 0.15) is 35.6 Å². The second-order valence-electron chi connectivity index (χ2n) is 8.42. The number of nitrogens with one attached hydrogen (secondary N) is 1. The number of benzene rings is 2. The lowest BCUT2D eigenvalue weighted by molar-refractivity contribution is -0.143. The number of carbonyl (C=O) groups excluding carboxylic acids is 2. The number of esters is 1. The van der Waals surface area contributed by atoms with E-state index in [0.29, 0.717) is 5.75 Å². The number of ether oxygens (including phenoxy) is 4. The van der Waals surface area contributed by atoms with E-state index in [4.69, 9.17) is 18.9 Å². The fourth-order valence-electron chi connectivity index (χ4n) is 3.08. The minimum atomic E-state index is -2.05. The molecule has 0 heterocycles. The molecule has 3 N–H and O–H groups in total. The van der Waals surface area contributed by atoms with Crippen LogP contribution in [-0.4, -0.2) is 55.1 Å². The van der Waals surface area contributed by atoms with Gasteiger partial charge in [-0.05, 0) is 56.2 Å². The van der Waals surface area contributed by atoms with Crippen molar-refractivity contribution in [3.63, 3.8) is 0 Å². The summed E-state index contributed by atoms with van der Waals surface area (Å²) < 4.78 is 35.2. The smallest absolute Gasteiger partial charge is 0.492 e. The van der Waals surface area contributed by atoms with Crippen LogP contribution in [0.25, 0.3) is 0 Å². The van der Waals surface area contributed by atoms with Crippen molar-refractivity contribution in [2.45, 2.75) is 45.4 Å². The number of carbonyl (C=O) groups is 2. The Morgan fingerprint density at radius 1 is 1.12 bits per heavy atom. The van der Waals surface area contributed by atoms with Gasteiger partial charge in [-0.2, -0.15) is 0 Å². The summed E-state index contributed by atoms with van der Waals surface area (Å²) in [7, 11) is 0.631. The van der Waals surface area contributed by atoms with E-state index >= 15 is 0 Å². The zero-order chi connectivity index (χ0) is 25.5. The molecule has 184 valence electrons. The first-order chi connectivity index (χ1) is 15.9. The maximum Gasteiger partial charge on any atom is 0.492 e. The summed E-state index contributed by atoms with van der Waals surface area (Å²) in [5.41, 5.74) is -0.206. The first kappa shape index (κ1) is 26.9. The van der Waals surface area contributed by atoms with Crippen LogP contribution in [0.4, 0.5) is 9.18 Å². The van der Waals surface area contributed by atoms with Gasteiger partial charge in [0.05, 0.1) is 14.2 Å². The quantitative estimate of drug-likeness (QED) is 0.369. The SMILES string of the molecule is COC(=O)C(Cc1cc(F)cc(B(O)O)c1OCc1ccc(OC)cc1)NC(=O)OC(C)(C)C. The molecule has 2 aromatic rings. The lowest BCUT2D eigenvalue weighted by Crippen LogP contribution is -2.45. The van der Waals surface area contributed by atoms with Crippen molar-refractivity contribution >= 4 is 24.6 Å². The standard InChI is InChI=1S/C23H29BFNO8/c1-23(2,3)34-22(28)26-19(21(27)32-5)11-15-10-16(25)12-18(24(29)30)20(15)33-13-14-6-8-17(31-4)9-7-14/h6-10,12,19,29-30H,11,13H2,1-5H3,(H,26,28). The highest BCUT2D eigenvalue weighted by molar-refractivity contribution is 6.59. The van der Waals surface area contributed by atoms with Crippen LogP contribution >= 0.6 is 0 Å². The van der Waals surface area contributed by atoms with Crippen LogP contribution in [0.5, 0.6) is 11.5 Å². The Balaban J connectivity index is 2.36. The summed E-state index contributed by atoms with van der Waals surface area (Å²) >= 11 is 0. The van der Waals surface area contributed by atoms with E-state index in [0.717, 1.165) is 24.8 Å². The highest BCUT2D eigenvalue weighted by Crippen LogP contribution is 2.23. The molecule has 2 rings (SSSR count). The topological polar surface area (TPSA) is 124 Å². The number of hydrogen-bond donors (Lipinski definition) is 3. The number of halogens is 1. The van der Waals surface area contributed by atoms with Crippen molar-refractivity contribution in [1.29, 1.82) is 0 Å². The van der Waals surface area contributed by atoms with Gasteiger partial charge in [-0.25, -0.2) is 14.0 Å². The molecule has 0 spiro atoms. The Kier molecular flexibility index (Phi) is 9.28. The molecule has 0 saturated carbocycles. The van der Waals surface area contributed by atoms with Crippen molar-refractivity contribution in [3.8, 4) is 11.5 Å². The molecule has 1 atom stereocenters. The zero-order valence-corrected chi connectivity index (χ0v) is 19.8. The lowest BCUT2D eigenvalue weighted by atomic mass is 9.78. The van der Waals surface area contributed by atoms with Gasteiger partial charge in [0.25, 0.3) is 0 Å². The molecule has 0 bridgehead atoms. The second kappa shape index (κ2) is 11.7. The number of amides is 1. The number of rotatable bonds is 9. The highest BCUT2D eigenvalue weighted by atomic mass is 19.1. The van der Waals surface area contributed by atoms with Gasteiger partial charge in [0.15, 0.2) is 0 Å². The predicted molar refractivity (Wildman–Crippen MR) is 122 cm³/mol. The van der Waals surface area contributed by atoms with Crippen molar-refractivity contribution in [2.75, 3.05) is 14.2 Å². The Hall–Kier alpha value is -3.31. The third-order valence-electron chi connectivity index (χ3n) is 4.58. The molecule has 1 amide bonds. The summed E-state index contributed by atoms with van der Waals surface area (Å²) in [5, 5.41) is 22.0. The average molecular weight is 477 g/mol. The van der Waals surface area contributed by atoms with E-state index < -0.39 is 36.6 Å². The molecule has 1 unspecified atom stereocenters. The molecule has 0 aliphatic rings. The van der Waals surface area contributed by atoms with Crippen LogP contribution < -0.4 is 20.3 Å². The minimum Gasteiger partial charge on any atom is -0.497 e. The molecule has 0 aliphatic carbocycles. The van der Waals surface area contributed by atoms with Crippen LogP contribution in [0.1, 0.15) is 31.9 Å². The average Bonchev–Trinajstić information content (AvgIpc) is 2.76. The fourth-order valence-corrected chi connectivity index (χ4v) is 3.08. The van der Waals surface area contributed by atoms with E-state index in [1.54, 1.807) is 45.0 Å². The maximum absolute atomic E-state index is 14.3. The van der Waals surface area contributed by atoms with Crippen LogP contribution in [0.3, 0.4) is 0 Å². The molecule has 11 heteroatoms. The third-order valence-corrected chi connectivity index (χ3v) is 4.58. The summed E-state index contributed by atoms with van der Waals surface area (Å²) in [6.07, 6.45) is -1.14. The monoisotopic (exact) mass is 477 g/mol. The van der Waals surface area contributed by atoms with Crippen LogP contribution in [-0.2, 0) is 27.3 Å². The van der Waals surface area contributed by atoms with Crippen LogP contribution in [0, 0.1) is 5.82 Å². The van der Waals surface area contributed by atoms with Crippen molar-refractivity contribution in [2.24, 2.45) is 0 Å². The normalized spacial score (nSPS) is 11.9. The first-order valence-corrected chi connectivity index (χ1v) is 10.4. The largest absolute Gasteiger partial charge is 0.497 e. The third kappa shape index (κ3) is 7.93. The van der Waals surface area contributed by atoms with Gasteiger partial charge in [-0.3, -0.25) is 0 Å². The van der Waals surface area contributed by atoms with Crippen LogP contribution in [0.2, 0.25) is 0 Å². The predicted octanol–water partition coefficient (Wildman–Crippen LogP) is 1.70. The number of alkyl carbamates (subject to hydrolysis) is 1. The molecule has 34 heavy (non-hydrogen) atoms. The van der Waals surface area contributed by atoms with Crippen LogP contribution in [0.15, 0.2) is 36.4 Å². The molecule has 0 aromatic heterocycles. The number of methoxy groups -OCH3 is 2. The molecule has 2 aromatic carbocycles. The Morgan fingerprint density at radius 3 is 2.29 bits per heavy atom. The Labute approximate surface area is 197 Å². The fraction of sp³-hybridized carbons (Fsp3) is 0.391. The van der Waals surface area contributed by atoms with Gasteiger partial charge in [-0.15, -0.1) is 0 Å². The number of hydrogen-bond acceptors (Lipinski definition) is 8. The van der Waals surface area contributed by atoms with Gasteiger partial charge in [0.2, 0.25) is 0 Å². The van der Waals surface area contributed by atoms with Crippen molar-refractivity contribution < 1.29 is 43.0 Å². The Bertz CT molecular complexity index is 992. The van der Waals surface area contributed by atoms with Gasteiger partial charge in [0, 0.05) is 11.9 Å². The van der Waals surface area contributed by atoms with E-state index in [-0.39, 0.29) is 29.8 Å². The van der Waals surface area contributed by atoms with Gasteiger partial charge >= 0.3 is 19.2 Å². The van der Waals surface area contributed by atoms with E-state index in [9.17, 15) is 24.0 Å². The minimum absolute atomic E-state index is 0.00469. The van der Waals surface area contributed by atoms with E-state index in [1.807, 2.05) is 0 Å². The maximum atomic E-state index is 14.3. The molecule has 0 aliphatic heterocycles. The van der Waals surface area contributed by atoms with Crippen molar-refractivity contribution in [1.82, 2.24) is 5.32 Å². The lowest BCUT2D eigenvalue weighted by Gasteiger charge is -2.23. The summed E-state index contributed by atoms with van der Waals surface area (Å²) in [6, 6.07) is 7.70. The second-order valence-corrected chi connectivity index (χ2v) is 8.42. The highest BCUT2D eigenvalue weighted by Gasteiger charge is 2.29. The summed E-state index contributed by atoms with van der Waals surface area (Å²) in [5.74, 6) is -0.975. The molecular formula is C23H29BFNO8.